The van der Waals surface area contributed by atoms with Crippen LogP contribution in [-0.2, 0) is 27.4 Å². The van der Waals surface area contributed by atoms with E-state index >= 15 is 0 Å². The number of rotatable bonds is 4. The molecule has 1 aliphatic heterocycles. The predicted molar refractivity (Wildman–Crippen MR) is 83.8 cm³/mol. The van der Waals surface area contributed by atoms with E-state index in [2.05, 4.69) is 9.97 Å². The number of aryl methyl sites for hydroxylation is 2. The van der Waals surface area contributed by atoms with E-state index in [4.69, 9.17) is 0 Å². The molecular weight excluding hydrogens is 334 g/mol. The van der Waals surface area contributed by atoms with Gasteiger partial charge in [-0.1, -0.05) is 0 Å². The molecule has 1 saturated heterocycles. The molecule has 0 saturated carbocycles. The molecule has 0 amide bonds. The molecule has 2 aromatic rings. The molecule has 0 atom stereocenters. The summed E-state index contributed by atoms with van der Waals surface area (Å²) in [5.41, 5.74) is -1.17. The number of hydrogen-bond donors (Lipinski definition) is 1. The van der Waals surface area contributed by atoms with Crippen LogP contribution in [0.1, 0.15) is 18.7 Å². The van der Waals surface area contributed by atoms with Crippen LogP contribution in [0, 0.1) is 6.92 Å². The van der Waals surface area contributed by atoms with Crippen LogP contribution in [-0.4, -0.2) is 56.0 Å². The van der Waals surface area contributed by atoms with Crippen LogP contribution in [0.5, 0.6) is 0 Å². The summed E-state index contributed by atoms with van der Waals surface area (Å²) in [7, 11) is -2.02. The van der Waals surface area contributed by atoms with E-state index in [1.807, 2.05) is 0 Å². The number of carboxylic acids is 1. The number of aliphatic carboxylic acids is 1. The zero-order valence-corrected chi connectivity index (χ0v) is 14.3. The standard InChI is InChI=1S/C14H19N5O4S/c1-11-15-5-8-19(11)14(13(20)21)3-6-18(7-4-14)24(22,23)12-9-17(2)10-16-12/h5,8-10H,3-4,6-7H2,1-2H3,(H,20,21). The van der Waals surface area contributed by atoms with Gasteiger partial charge in [0.25, 0.3) is 10.0 Å². The number of imidazole rings is 2. The molecule has 1 fully saturated rings. The number of hydrogen-bond acceptors (Lipinski definition) is 5. The maximum atomic E-state index is 12.6. The van der Waals surface area contributed by atoms with Crippen molar-refractivity contribution in [2.45, 2.75) is 30.3 Å². The Bertz CT molecular complexity index is 861. The Labute approximate surface area is 139 Å². The van der Waals surface area contributed by atoms with Crippen LogP contribution in [0.15, 0.2) is 29.9 Å². The van der Waals surface area contributed by atoms with Crippen molar-refractivity contribution in [3.63, 3.8) is 0 Å². The SMILES string of the molecule is Cc1nccn1C1(C(=O)O)CCN(S(=O)(=O)c2cn(C)cn2)CC1. The normalized spacial score (nSPS) is 18.6. The Hall–Kier alpha value is -2.20. The zero-order valence-electron chi connectivity index (χ0n) is 13.5. The van der Waals surface area contributed by atoms with Crippen LogP contribution in [0.2, 0.25) is 0 Å². The van der Waals surface area contributed by atoms with Gasteiger partial charge in [-0.15, -0.1) is 0 Å². The van der Waals surface area contributed by atoms with E-state index in [1.165, 1.54) is 16.8 Å². The number of sulfonamides is 1. The van der Waals surface area contributed by atoms with Gasteiger partial charge >= 0.3 is 5.97 Å². The molecule has 130 valence electrons. The van der Waals surface area contributed by atoms with E-state index in [0.717, 1.165) is 0 Å². The summed E-state index contributed by atoms with van der Waals surface area (Å²) in [5.74, 6) is -0.378. The second-order valence-electron chi connectivity index (χ2n) is 5.96. The molecule has 0 radical (unpaired) electrons. The first-order valence-electron chi connectivity index (χ1n) is 7.49. The molecule has 0 bridgehead atoms. The highest BCUT2D eigenvalue weighted by molar-refractivity contribution is 7.89. The molecule has 0 aliphatic carbocycles. The minimum atomic E-state index is -3.71. The second-order valence-corrected chi connectivity index (χ2v) is 7.85. The van der Waals surface area contributed by atoms with E-state index < -0.39 is 21.5 Å². The molecule has 0 unspecified atom stereocenters. The molecule has 3 rings (SSSR count). The summed E-state index contributed by atoms with van der Waals surface area (Å²) in [6.07, 6.45) is 6.39. The third-order valence-corrected chi connectivity index (χ3v) is 6.30. The number of carbonyl (C=O) groups is 1. The fraction of sp³-hybridized carbons (Fsp3) is 0.500. The molecule has 1 aliphatic rings. The number of nitrogens with zero attached hydrogens (tertiary/aromatic N) is 5. The second kappa shape index (κ2) is 5.71. The summed E-state index contributed by atoms with van der Waals surface area (Å²) in [6.45, 7) is 1.97. The van der Waals surface area contributed by atoms with Crippen molar-refractivity contribution in [3.8, 4) is 0 Å². The molecule has 1 N–H and O–H groups in total. The molecule has 9 nitrogen and oxygen atoms in total. The van der Waals surface area contributed by atoms with Gasteiger partial charge in [-0.3, -0.25) is 0 Å². The van der Waals surface area contributed by atoms with Crippen LogP contribution in [0.3, 0.4) is 0 Å². The van der Waals surface area contributed by atoms with Crippen molar-refractivity contribution < 1.29 is 18.3 Å². The molecule has 24 heavy (non-hydrogen) atoms. The smallest absolute Gasteiger partial charge is 0.330 e. The summed E-state index contributed by atoms with van der Waals surface area (Å²) in [5, 5.41) is 9.74. The Morgan fingerprint density at radius 3 is 2.42 bits per heavy atom. The highest BCUT2D eigenvalue weighted by Gasteiger charge is 2.46. The average Bonchev–Trinajstić information content (AvgIpc) is 3.16. The van der Waals surface area contributed by atoms with Gasteiger partial charge in [-0.25, -0.2) is 23.2 Å². The highest BCUT2D eigenvalue weighted by atomic mass is 32.2. The van der Waals surface area contributed by atoms with Crippen LogP contribution in [0.4, 0.5) is 0 Å². The summed E-state index contributed by atoms with van der Waals surface area (Å²) in [4.78, 5) is 19.9. The Balaban J connectivity index is 1.87. The highest BCUT2D eigenvalue weighted by Crippen LogP contribution is 2.33. The predicted octanol–water partition coefficient (Wildman–Crippen LogP) is 0.190. The van der Waals surface area contributed by atoms with Crippen molar-refractivity contribution in [2.24, 2.45) is 7.05 Å². The van der Waals surface area contributed by atoms with E-state index in [0.29, 0.717) is 5.82 Å². The minimum absolute atomic E-state index is 0.0216. The zero-order chi connectivity index (χ0) is 17.5. The molecule has 3 heterocycles. The van der Waals surface area contributed by atoms with Crippen LogP contribution < -0.4 is 0 Å². The fourth-order valence-corrected chi connectivity index (χ4v) is 4.55. The van der Waals surface area contributed by atoms with Gasteiger partial charge in [-0.2, -0.15) is 4.31 Å². The Morgan fingerprint density at radius 2 is 1.96 bits per heavy atom. The van der Waals surface area contributed by atoms with Gasteiger partial charge < -0.3 is 14.2 Å². The van der Waals surface area contributed by atoms with E-state index in [1.54, 1.807) is 35.5 Å². The van der Waals surface area contributed by atoms with Gasteiger partial charge in [0.2, 0.25) is 0 Å². The maximum Gasteiger partial charge on any atom is 0.330 e. The molecule has 10 heteroatoms. The van der Waals surface area contributed by atoms with E-state index in [9.17, 15) is 18.3 Å². The van der Waals surface area contributed by atoms with Gasteiger partial charge in [0.1, 0.15) is 11.4 Å². The van der Waals surface area contributed by atoms with Crippen molar-refractivity contribution in [1.82, 2.24) is 23.4 Å². The fourth-order valence-electron chi connectivity index (χ4n) is 3.14. The van der Waals surface area contributed by atoms with Gasteiger partial charge in [0.15, 0.2) is 5.03 Å². The maximum absolute atomic E-state index is 12.6. The van der Waals surface area contributed by atoms with Gasteiger partial charge in [0, 0.05) is 38.7 Å². The van der Waals surface area contributed by atoms with E-state index in [-0.39, 0.29) is 31.0 Å². The van der Waals surface area contributed by atoms with Crippen molar-refractivity contribution >= 4 is 16.0 Å². The Morgan fingerprint density at radius 1 is 1.29 bits per heavy atom. The largest absolute Gasteiger partial charge is 0.479 e. The van der Waals surface area contributed by atoms with Crippen molar-refractivity contribution in [3.05, 3.63) is 30.7 Å². The third-order valence-electron chi connectivity index (χ3n) is 4.52. The molecule has 0 aromatic carbocycles. The first kappa shape index (κ1) is 16.7. The van der Waals surface area contributed by atoms with Gasteiger partial charge in [0.05, 0.1) is 6.33 Å². The lowest BCUT2D eigenvalue weighted by Crippen LogP contribution is -2.52. The van der Waals surface area contributed by atoms with Crippen LogP contribution >= 0.6 is 0 Å². The van der Waals surface area contributed by atoms with Crippen molar-refractivity contribution in [2.75, 3.05) is 13.1 Å². The number of piperidine rings is 1. The first-order chi connectivity index (χ1) is 11.3. The lowest BCUT2D eigenvalue weighted by Gasteiger charge is -2.39. The van der Waals surface area contributed by atoms with Gasteiger partial charge in [-0.05, 0) is 19.8 Å². The number of aromatic nitrogens is 4. The number of carboxylic acid groups (broad SMARTS) is 1. The lowest BCUT2D eigenvalue weighted by atomic mass is 9.88. The Kier molecular flexibility index (Phi) is 3.96. The summed E-state index contributed by atoms with van der Waals surface area (Å²) in [6, 6.07) is 0. The van der Waals surface area contributed by atoms with Crippen LogP contribution in [0.25, 0.3) is 0 Å². The molecule has 2 aromatic heterocycles. The topological polar surface area (TPSA) is 110 Å². The lowest BCUT2D eigenvalue weighted by molar-refractivity contribution is -0.150. The summed E-state index contributed by atoms with van der Waals surface area (Å²) < 4.78 is 29.7. The quantitative estimate of drug-likeness (QED) is 0.840. The monoisotopic (exact) mass is 353 g/mol. The molecule has 0 spiro atoms. The third kappa shape index (κ3) is 2.51. The first-order valence-corrected chi connectivity index (χ1v) is 8.93. The minimum Gasteiger partial charge on any atom is -0.479 e. The van der Waals surface area contributed by atoms with Crippen molar-refractivity contribution in [1.29, 1.82) is 0 Å². The molecular formula is C14H19N5O4S. The summed E-state index contributed by atoms with van der Waals surface area (Å²) >= 11 is 0. The average molecular weight is 353 g/mol.